The Kier molecular flexibility index (Phi) is 10.8. The second kappa shape index (κ2) is 18.9. The van der Waals surface area contributed by atoms with Crippen LogP contribution in [0.3, 0.4) is 0 Å². The minimum Gasteiger partial charge on any atom is -0.309 e. The zero-order valence-electron chi connectivity index (χ0n) is 45.9. The van der Waals surface area contributed by atoms with Gasteiger partial charge >= 0.3 is 0 Å². The summed E-state index contributed by atoms with van der Waals surface area (Å²) in [5.41, 5.74) is 26.1. The second-order valence-electron chi connectivity index (χ2n) is 23.2. The molecule has 0 fully saturated rings. The highest BCUT2D eigenvalue weighted by Crippen LogP contribution is 2.57. The normalized spacial score (nSPS) is 14.6. The van der Waals surface area contributed by atoms with Gasteiger partial charge in [-0.3, -0.25) is 0 Å². The summed E-state index contributed by atoms with van der Waals surface area (Å²) in [7, 11) is 0. The van der Waals surface area contributed by atoms with Crippen molar-refractivity contribution in [3.05, 3.63) is 323 Å². The number of rotatable bonds is 8. The molecule has 3 aliphatic rings. The predicted octanol–water partition coefficient (Wildman–Crippen LogP) is 20.9. The average Bonchev–Trinajstić information content (AvgIpc) is 3.05. The van der Waals surface area contributed by atoms with E-state index in [9.17, 15) is 0 Å². The van der Waals surface area contributed by atoms with Gasteiger partial charge in [-0.15, -0.1) is 0 Å². The van der Waals surface area contributed by atoms with Gasteiger partial charge in [-0.05, 0) is 163 Å². The lowest BCUT2D eigenvalue weighted by atomic mass is 9.73. The maximum absolute atomic E-state index is 2.57. The van der Waals surface area contributed by atoms with Crippen LogP contribution >= 0.6 is 0 Å². The number of fused-ring (bicyclic) bond motifs is 13. The van der Waals surface area contributed by atoms with E-state index in [0.29, 0.717) is 0 Å². The highest BCUT2D eigenvalue weighted by Gasteiger charge is 2.48. The first-order valence-corrected chi connectivity index (χ1v) is 29.3. The molecule has 17 rings (SSSR count). The van der Waals surface area contributed by atoms with Crippen LogP contribution < -0.4 is 0 Å². The van der Waals surface area contributed by atoms with E-state index in [-0.39, 0.29) is 5.41 Å². The molecule has 0 saturated carbocycles. The number of benzene rings is 12. The third kappa shape index (κ3) is 7.70. The second-order valence-corrected chi connectivity index (χ2v) is 23.2. The number of nitrogens with zero attached hydrogens (tertiary/aromatic N) is 2. The standard InChI is InChI=1S/C81H56N2/c1-2-16-64-52-81(51-63(64)15-1)73-47-55(29-27-53-31-37-57(38-32-53)61-41-45-79-71(49-61)69-21-7-9-23-77(69)82(79)75-25-11-17-59-13-3-5-19-65(59)75)35-43-67(73)68-44-36-56(48-74(68)81)30-28-54-33-39-58(40-34-54)62-42-46-80-72(50-62)70-22-8-10-24-78(70)83(80)76-26-12-18-60-14-4-6-20-66(60)76/h1-35,37-43,45-50H,36,44,51-52H2/b29-27+,30-28+. The molecule has 0 unspecified atom stereocenters. The minimum atomic E-state index is -0.0778. The Morgan fingerprint density at radius 2 is 0.771 bits per heavy atom. The first kappa shape index (κ1) is 47.5. The Morgan fingerprint density at radius 1 is 0.325 bits per heavy atom. The molecule has 14 aromatic rings. The van der Waals surface area contributed by atoms with E-state index in [1.165, 1.54) is 154 Å². The van der Waals surface area contributed by atoms with Crippen molar-refractivity contribution in [2.24, 2.45) is 0 Å². The molecule has 0 saturated heterocycles. The third-order valence-electron chi connectivity index (χ3n) is 18.6. The van der Waals surface area contributed by atoms with Crippen LogP contribution in [0.2, 0.25) is 0 Å². The smallest absolute Gasteiger partial charge is 0.0541 e. The van der Waals surface area contributed by atoms with Crippen LogP contribution in [0.5, 0.6) is 0 Å². The average molecular weight is 1060 g/mol. The molecule has 12 aromatic carbocycles. The maximum Gasteiger partial charge on any atom is 0.0541 e. The molecule has 2 nitrogen and oxygen atoms in total. The Morgan fingerprint density at radius 3 is 1.34 bits per heavy atom. The maximum atomic E-state index is 2.57. The van der Waals surface area contributed by atoms with E-state index in [4.69, 9.17) is 0 Å². The van der Waals surface area contributed by atoms with Gasteiger partial charge in [-0.2, -0.15) is 0 Å². The Bertz CT molecular complexity index is 5090. The fourth-order valence-electron chi connectivity index (χ4n) is 14.7. The highest BCUT2D eigenvalue weighted by molar-refractivity contribution is 6.13. The lowest BCUT2D eigenvalue weighted by molar-refractivity contribution is 0.556. The summed E-state index contributed by atoms with van der Waals surface area (Å²) in [6, 6.07) is 96.9. The molecule has 2 heterocycles. The number of hydrogen-bond acceptors (Lipinski definition) is 0. The van der Waals surface area contributed by atoms with Crippen LogP contribution in [-0.4, -0.2) is 9.13 Å². The molecule has 83 heavy (non-hydrogen) atoms. The molecule has 0 aliphatic heterocycles. The van der Waals surface area contributed by atoms with Gasteiger partial charge < -0.3 is 9.13 Å². The van der Waals surface area contributed by atoms with Gasteiger partial charge in [0.15, 0.2) is 0 Å². The SMILES string of the molecule is C1=C(/C=C/c2ccc(-c3ccc4c(c3)c3ccccc3n4-c3cccc4ccccc34)cc2)CCC2=C1C1(Cc3ccccc3C1)c1cc(/C=C/c3ccc(-c4ccc5c(c4)c4ccccc4n5-c4cccc5ccccc45)cc3)ccc12. The van der Waals surface area contributed by atoms with Gasteiger partial charge in [0.2, 0.25) is 0 Å². The molecular formula is C81H56N2. The van der Waals surface area contributed by atoms with Crippen molar-refractivity contribution >= 4 is 89.0 Å². The molecule has 0 atom stereocenters. The zero-order valence-corrected chi connectivity index (χ0v) is 45.9. The van der Waals surface area contributed by atoms with Crippen LogP contribution in [0.15, 0.2) is 284 Å². The van der Waals surface area contributed by atoms with Crippen molar-refractivity contribution in [1.29, 1.82) is 0 Å². The van der Waals surface area contributed by atoms with Gasteiger partial charge in [0, 0.05) is 37.7 Å². The first-order valence-electron chi connectivity index (χ1n) is 29.3. The zero-order chi connectivity index (χ0) is 54.6. The van der Waals surface area contributed by atoms with Crippen LogP contribution in [0.25, 0.3) is 123 Å². The van der Waals surface area contributed by atoms with E-state index in [1.54, 1.807) is 0 Å². The van der Waals surface area contributed by atoms with E-state index in [2.05, 4.69) is 300 Å². The van der Waals surface area contributed by atoms with Crippen LogP contribution in [0, 0.1) is 0 Å². The van der Waals surface area contributed by atoms with E-state index in [1.807, 2.05) is 0 Å². The number of para-hydroxylation sites is 2. The van der Waals surface area contributed by atoms with Crippen molar-refractivity contribution in [3.8, 4) is 33.6 Å². The minimum absolute atomic E-state index is 0.0778. The Labute approximate surface area is 483 Å². The molecule has 390 valence electrons. The fourth-order valence-corrected chi connectivity index (χ4v) is 14.7. The Hall–Kier alpha value is -10.3. The molecule has 1 spiro atoms. The summed E-state index contributed by atoms with van der Waals surface area (Å²) in [6.45, 7) is 0. The van der Waals surface area contributed by atoms with E-state index in [0.717, 1.165) is 25.7 Å². The summed E-state index contributed by atoms with van der Waals surface area (Å²) in [5.74, 6) is 0. The molecule has 3 aliphatic carbocycles. The molecule has 0 amide bonds. The molecule has 0 N–H and O–H groups in total. The van der Waals surface area contributed by atoms with Gasteiger partial charge in [0.05, 0.1) is 33.4 Å². The van der Waals surface area contributed by atoms with Crippen molar-refractivity contribution < 1.29 is 0 Å². The molecular weight excluding hydrogens is 1000 g/mol. The summed E-state index contributed by atoms with van der Waals surface area (Å²) in [4.78, 5) is 0. The van der Waals surface area contributed by atoms with Gasteiger partial charge in [-0.1, -0.05) is 243 Å². The number of aromatic nitrogens is 2. The van der Waals surface area contributed by atoms with Crippen LogP contribution in [0.1, 0.15) is 51.8 Å². The summed E-state index contributed by atoms with van der Waals surface area (Å²) < 4.78 is 4.87. The monoisotopic (exact) mass is 1060 g/mol. The molecule has 2 heteroatoms. The molecule has 2 aromatic heterocycles. The van der Waals surface area contributed by atoms with Crippen molar-refractivity contribution in [3.63, 3.8) is 0 Å². The first-order chi connectivity index (χ1) is 41.1. The summed E-state index contributed by atoms with van der Waals surface area (Å²) >= 11 is 0. The quantitative estimate of drug-likeness (QED) is 0.134. The Balaban J connectivity index is 0.637. The molecule has 0 radical (unpaired) electrons. The highest BCUT2D eigenvalue weighted by atomic mass is 15.0. The lowest BCUT2D eigenvalue weighted by Crippen LogP contribution is -2.27. The largest absolute Gasteiger partial charge is 0.309 e. The van der Waals surface area contributed by atoms with E-state index >= 15 is 0 Å². The molecule has 0 bridgehead atoms. The summed E-state index contributed by atoms with van der Waals surface area (Å²) in [6.07, 6.45) is 16.0. The fraction of sp³-hybridized carbons (Fsp3) is 0.0617. The van der Waals surface area contributed by atoms with Crippen molar-refractivity contribution in [2.45, 2.75) is 31.1 Å². The van der Waals surface area contributed by atoms with Crippen molar-refractivity contribution in [2.75, 3.05) is 0 Å². The number of allylic oxidation sites excluding steroid dienone is 5. The lowest BCUT2D eigenvalue weighted by Gasteiger charge is -2.30. The summed E-state index contributed by atoms with van der Waals surface area (Å²) in [5, 5.41) is 10.1. The number of hydrogen-bond donors (Lipinski definition) is 0. The third-order valence-corrected chi connectivity index (χ3v) is 18.6. The van der Waals surface area contributed by atoms with Gasteiger partial charge in [-0.25, -0.2) is 0 Å². The van der Waals surface area contributed by atoms with Crippen LogP contribution in [0.4, 0.5) is 0 Å². The topological polar surface area (TPSA) is 9.86 Å². The predicted molar refractivity (Wildman–Crippen MR) is 352 cm³/mol. The van der Waals surface area contributed by atoms with Gasteiger partial charge in [0.1, 0.15) is 0 Å². The van der Waals surface area contributed by atoms with Crippen LogP contribution in [-0.2, 0) is 18.3 Å². The van der Waals surface area contributed by atoms with E-state index < -0.39 is 0 Å². The van der Waals surface area contributed by atoms with Gasteiger partial charge in [0.25, 0.3) is 0 Å². The van der Waals surface area contributed by atoms with Crippen molar-refractivity contribution in [1.82, 2.24) is 9.13 Å².